The first kappa shape index (κ1) is 21.8. The minimum Gasteiger partial charge on any atom is -0.487 e. The van der Waals surface area contributed by atoms with Crippen molar-refractivity contribution in [2.24, 2.45) is 0 Å². The van der Waals surface area contributed by atoms with Crippen molar-refractivity contribution in [3.05, 3.63) is 100 Å². The molecule has 4 aromatic rings. The van der Waals surface area contributed by atoms with Gasteiger partial charge in [0, 0.05) is 0 Å². The van der Waals surface area contributed by atoms with Crippen molar-refractivity contribution in [1.29, 1.82) is 0 Å². The van der Waals surface area contributed by atoms with Crippen LogP contribution in [0.3, 0.4) is 0 Å². The summed E-state index contributed by atoms with van der Waals surface area (Å²) in [5, 5.41) is 0.243. The molecule has 0 amide bonds. The standard InChI is InChI=1S/C26H20O7/c1-16(2)30-20-15-9-14-19-21(20)31-26(29)23(33-25(28)18-12-7-4-8-13-18)22(19)32-24(27)17-10-5-3-6-11-17/h3-16H,1-2H3. The summed E-state index contributed by atoms with van der Waals surface area (Å²) in [7, 11) is 0. The van der Waals surface area contributed by atoms with Crippen LogP contribution in [-0.2, 0) is 0 Å². The highest BCUT2D eigenvalue weighted by molar-refractivity contribution is 5.98. The van der Waals surface area contributed by atoms with Crippen LogP contribution in [0, 0.1) is 0 Å². The number of carbonyl (C=O) groups excluding carboxylic acids is 2. The summed E-state index contributed by atoms with van der Waals surface area (Å²) in [6.45, 7) is 3.65. The largest absolute Gasteiger partial charge is 0.487 e. The van der Waals surface area contributed by atoms with Gasteiger partial charge in [-0.3, -0.25) is 0 Å². The molecule has 166 valence electrons. The third-order valence-corrected chi connectivity index (χ3v) is 4.58. The first-order chi connectivity index (χ1) is 15.9. The van der Waals surface area contributed by atoms with Crippen LogP contribution in [-0.4, -0.2) is 18.0 Å². The maximum atomic E-state index is 12.9. The van der Waals surface area contributed by atoms with E-state index in [1.54, 1.807) is 66.7 Å². The van der Waals surface area contributed by atoms with Crippen molar-refractivity contribution < 1.29 is 28.2 Å². The van der Waals surface area contributed by atoms with Crippen molar-refractivity contribution >= 4 is 22.9 Å². The number of carbonyl (C=O) groups is 2. The number of ether oxygens (including phenoxy) is 3. The summed E-state index contributed by atoms with van der Waals surface area (Å²) in [5.41, 5.74) is -0.433. The van der Waals surface area contributed by atoms with Crippen molar-refractivity contribution in [3.8, 4) is 17.2 Å². The van der Waals surface area contributed by atoms with Crippen LogP contribution < -0.4 is 19.8 Å². The quantitative estimate of drug-likeness (QED) is 0.305. The Morgan fingerprint density at radius 2 is 1.27 bits per heavy atom. The molecular formula is C26H20O7. The molecule has 0 saturated heterocycles. The SMILES string of the molecule is CC(C)Oc1cccc2c(OC(=O)c3ccccc3)c(OC(=O)c3ccccc3)c(=O)oc12. The van der Waals surface area contributed by atoms with E-state index in [1.807, 2.05) is 13.8 Å². The molecule has 0 fully saturated rings. The Hall–Kier alpha value is -4.39. The van der Waals surface area contributed by atoms with E-state index in [1.165, 1.54) is 12.1 Å². The van der Waals surface area contributed by atoms with Gasteiger partial charge < -0.3 is 18.6 Å². The van der Waals surface area contributed by atoms with Gasteiger partial charge in [-0.05, 0) is 50.2 Å². The summed E-state index contributed by atoms with van der Waals surface area (Å²) in [6.07, 6.45) is -0.202. The molecule has 0 unspecified atom stereocenters. The van der Waals surface area contributed by atoms with Crippen LogP contribution in [0.5, 0.6) is 17.2 Å². The van der Waals surface area contributed by atoms with Gasteiger partial charge in [0.25, 0.3) is 5.75 Å². The number of hydrogen-bond donors (Lipinski definition) is 0. The lowest BCUT2D eigenvalue weighted by Gasteiger charge is -2.15. The predicted octanol–water partition coefficient (Wildman–Crippen LogP) is 5.02. The van der Waals surface area contributed by atoms with E-state index in [9.17, 15) is 14.4 Å². The highest BCUT2D eigenvalue weighted by atomic mass is 16.6. The predicted molar refractivity (Wildman–Crippen MR) is 121 cm³/mol. The molecular weight excluding hydrogens is 424 g/mol. The maximum Gasteiger partial charge on any atom is 0.383 e. The van der Waals surface area contributed by atoms with Crippen LogP contribution in [0.1, 0.15) is 34.6 Å². The third-order valence-electron chi connectivity index (χ3n) is 4.58. The summed E-state index contributed by atoms with van der Waals surface area (Å²) >= 11 is 0. The lowest BCUT2D eigenvalue weighted by Crippen LogP contribution is -2.18. The molecule has 7 heteroatoms. The van der Waals surface area contributed by atoms with Gasteiger partial charge in [0.15, 0.2) is 17.1 Å². The van der Waals surface area contributed by atoms with Gasteiger partial charge in [-0.1, -0.05) is 42.5 Å². The molecule has 0 bridgehead atoms. The fourth-order valence-corrected chi connectivity index (χ4v) is 3.14. The van der Waals surface area contributed by atoms with Crippen LogP contribution in [0.25, 0.3) is 11.0 Å². The average molecular weight is 444 g/mol. The monoisotopic (exact) mass is 444 g/mol. The summed E-state index contributed by atoms with van der Waals surface area (Å²) in [5.74, 6) is -1.99. The Kier molecular flexibility index (Phi) is 6.22. The molecule has 0 saturated carbocycles. The number of esters is 2. The first-order valence-corrected chi connectivity index (χ1v) is 10.2. The van der Waals surface area contributed by atoms with Crippen molar-refractivity contribution in [2.75, 3.05) is 0 Å². The topological polar surface area (TPSA) is 92.0 Å². The number of hydrogen-bond acceptors (Lipinski definition) is 7. The van der Waals surface area contributed by atoms with Gasteiger partial charge >= 0.3 is 17.6 Å². The Bertz CT molecular complexity index is 1360. The zero-order valence-electron chi connectivity index (χ0n) is 17.9. The third kappa shape index (κ3) is 4.77. The Morgan fingerprint density at radius 3 is 1.82 bits per heavy atom. The fraction of sp³-hybridized carbons (Fsp3) is 0.115. The minimum absolute atomic E-state index is 0.0755. The number of para-hydroxylation sites is 1. The molecule has 33 heavy (non-hydrogen) atoms. The molecule has 0 atom stereocenters. The van der Waals surface area contributed by atoms with E-state index in [0.29, 0.717) is 0 Å². The van der Waals surface area contributed by atoms with Gasteiger partial charge in [-0.15, -0.1) is 0 Å². The maximum absolute atomic E-state index is 12.9. The second-order valence-corrected chi connectivity index (χ2v) is 7.36. The lowest BCUT2D eigenvalue weighted by atomic mass is 10.2. The molecule has 3 aromatic carbocycles. The fourth-order valence-electron chi connectivity index (χ4n) is 3.14. The van der Waals surface area contributed by atoms with Gasteiger partial charge in [0.1, 0.15) is 0 Å². The number of fused-ring (bicyclic) bond motifs is 1. The van der Waals surface area contributed by atoms with E-state index in [0.717, 1.165) is 0 Å². The van der Waals surface area contributed by atoms with Gasteiger partial charge in [-0.25, -0.2) is 14.4 Å². The minimum atomic E-state index is -0.984. The lowest BCUT2D eigenvalue weighted by molar-refractivity contribution is 0.0678. The second kappa shape index (κ2) is 9.40. The normalized spacial score (nSPS) is 10.8. The molecule has 1 aromatic heterocycles. The van der Waals surface area contributed by atoms with Crippen molar-refractivity contribution in [1.82, 2.24) is 0 Å². The summed E-state index contributed by atoms with van der Waals surface area (Å²) in [4.78, 5) is 38.4. The van der Waals surface area contributed by atoms with Crippen LogP contribution in [0.15, 0.2) is 88.1 Å². The van der Waals surface area contributed by atoms with Crippen molar-refractivity contribution in [2.45, 2.75) is 20.0 Å². The van der Waals surface area contributed by atoms with E-state index in [4.69, 9.17) is 18.6 Å². The molecule has 0 aliphatic heterocycles. The molecule has 0 spiro atoms. The van der Waals surface area contributed by atoms with Crippen molar-refractivity contribution in [3.63, 3.8) is 0 Å². The Morgan fingerprint density at radius 1 is 0.727 bits per heavy atom. The molecule has 1 heterocycles. The van der Waals surface area contributed by atoms with E-state index in [-0.39, 0.29) is 39.7 Å². The first-order valence-electron chi connectivity index (χ1n) is 10.2. The Labute approximate surface area is 189 Å². The summed E-state index contributed by atoms with van der Waals surface area (Å²) in [6, 6.07) is 21.2. The highest BCUT2D eigenvalue weighted by Gasteiger charge is 2.25. The zero-order valence-corrected chi connectivity index (χ0v) is 17.9. The number of rotatable bonds is 6. The highest BCUT2D eigenvalue weighted by Crippen LogP contribution is 2.38. The van der Waals surface area contributed by atoms with Gasteiger partial charge in [0.2, 0.25) is 0 Å². The van der Waals surface area contributed by atoms with Crippen LogP contribution in [0.4, 0.5) is 0 Å². The zero-order chi connectivity index (χ0) is 23.4. The van der Waals surface area contributed by atoms with E-state index < -0.39 is 23.3 Å². The molecule has 0 radical (unpaired) electrons. The molecule has 7 nitrogen and oxygen atoms in total. The molecule has 0 aliphatic rings. The van der Waals surface area contributed by atoms with E-state index in [2.05, 4.69) is 0 Å². The number of benzene rings is 3. The molecule has 0 aliphatic carbocycles. The molecule has 0 N–H and O–H groups in total. The second-order valence-electron chi connectivity index (χ2n) is 7.36. The molecule has 4 rings (SSSR count). The van der Waals surface area contributed by atoms with Gasteiger partial charge in [0.05, 0.1) is 22.6 Å². The average Bonchev–Trinajstić information content (AvgIpc) is 2.82. The smallest absolute Gasteiger partial charge is 0.383 e. The van der Waals surface area contributed by atoms with Crippen LogP contribution in [0.2, 0.25) is 0 Å². The van der Waals surface area contributed by atoms with E-state index >= 15 is 0 Å². The Balaban J connectivity index is 1.85. The summed E-state index contributed by atoms with van der Waals surface area (Å²) < 4.78 is 22.1. The van der Waals surface area contributed by atoms with Crippen LogP contribution >= 0.6 is 0 Å². The van der Waals surface area contributed by atoms with Gasteiger partial charge in [-0.2, -0.15) is 0 Å².